The highest BCUT2D eigenvalue weighted by atomic mass is 19.1. The molecule has 4 heteroatoms. The summed E-state index contributed by atoms with van der Waals surface area (Å²) in [5.74, 6) is 0.728. The Morgan fingerprint density at radius 3 is 2.81 bits per heavy atom. The third-order valence-corrected chi connectivity index (χ3v) is 4.88. The van der Waals surface area contributed by atoms with Crippen LogP contribution < -0.4 is 4.90 Å². The Morgan fingerprint density at radius 2 is 2.10 bits per heavy atom. The highest BCUT2D eigenvalue weighted by Gasteiger charge is 2.41. The number of carbonyl (C=O) groups is 1. The first kappa shape index (κ1) is 14.4. The molecule has 1 heterocycles. The fourth-order valence-corrected chi connectivity index (χ4v) is 3.86. The number of halogens is 1. The Labute approximate surface area is 125 Å². The maximum absolute atomic E-state index is 13.0. The van der Waals surface area contributed by atoms with Gasteiger partial charge in [0, 0.05) is 24.7 Å². The molecule has 0 radical (unpaired) electrons. The minimum atomic E-state index is -0.193. The van der Waals surface area contributed by atoms with Gasteiger partial charge in [0.25, 0.3) is 0 Å². The number of esters is 1. The summed E-state index contributed by atoms with van der Waals surface area (Å²) < 4.78 is 18.1. The molecule has 1 aromatic carbocycles. The van der Waals surface area contributed by atoms with Crippen molar-refractivity contribution in [2.45, 2.75) is 38.6 Å². The summed E-state index contributed by atoms with van der Waals surface area (Å²) in [6.07, 6.45) is 3.88. The Bertz CT molecular complexity index is 502. The number of anilines is 1. The highest BCUT2D eigenvalue weighted by molar-refractivity contribution is 5.69. The van der Waals surface area contributed by atoms with Gasteiger partial charge in [-0.05, 0) is 62.3 Å². The first-order valence-electron chi connectivity index (χ1n) is 7.85. The lowest BCUT2D eigenvalue weighted by atomic mass is 9.78. The fourth-order valence-electron chi connectivity index (χ4n) is 3.86. The van der Waals surface area contributed by atoms with Gasteiger partial charge in [-0.3, -0.25) is 4.79 Å². The first-order valence-corrected chi connectivity index (χ1v) is 7.85. The first-order chi connectivity index (χ1) is 10.2. The summed E-state index contributed by atoms with van der Waals surface area (Å²) >= 11 is 0. The number of hydrogen-bond donors (Lipinski definition) is 0. The monoisotopic (exact) mass is 291 g/mol. The van der Waals surface area contributed by atoms with Crippen molar-refractivity contribution in [1.29, 1.82) is 0 Å². The topological polar surface area (TPSA) is 29.5 Å². The number of fused-ring (bicyclic) bond motifs is 2. The van der Waals surface area contributed by atoms with E-state index in [4.69, 9.17) is 4.74 Å². The van der Waals surface area contributed by atoms with Crippen molar-refractivity contribution < 1.29 is 13.9 Å². The van der Waals surface area contributed by atoms with Crippen molar-refractivity contribution in [1.82, 2.24) is 0 Å². The summed E-state index contributed by atoms with van der Waals surface area (Å²) in [4.78, 5) is 14.1. The van der Waals surface area contributed by atoms with Gasteiger partial charge in [-0.2, -0.15) is 0 Å². The van der Waals surface area contributed by atoms with E-state index < -0.39 is 0 Å². The Kier molecular flexibility index (Phi) is 4.13. The van der Waals surface area contributed by atoms with E-state index in [1.165, 1.54) is 12.1 Å². The average Bonchev–Trinajstić information content (AvgIpc) is 2.81. The normalized spacial score (nSPS) is 27.7. The van der Waals surface area contributed by atoms with Crippen LogP contribution in [0.4, 0.5) is 10.1 Å². The maximum atomic E-state index is 13.0. The van der Waals surface area contributed by atoms with Crippen molar-refractivity contribution in [3.63, 3.8) is 0 Å². The third-order valence-electron chi connectivity index (χ3n) is 4.88. The van der Waals surface area contributed by atoms with E-state index in [9.17, 15) is 9.18 Å². The Hall–Kier alpha value is -1.58. The van der Waals surface area contributed by atoms with Crippen molar-refractivity contribution in [2.75, 3.05) is 18.1 Å². The fraction of sp³-hybridized carbons (Fsp3) is 0.588. The standard InChI is InChI=1S/C17H22FNO2/c1-2-21-17(20)10-12-3-6-16-9-13(12)11-19(16)15-7-4-14(18)5-8-15/h4-5,7-8,12-13,16H,2-3,6,9-11H2,1H3. The van der Waals surface area contributed by atoms with Crippen LogP contribution in [0, 0.1) is 17.7 Å². The van der Waals surface area contributed by atoms with E-state index in [-0.39, 0.29) is 11.8 Å². The molecule has 3 atom stereocenters. The third kappa shape index (κ3) is 3.04. The molecule has 2 aliphatic rings. The van der Waals surface area contributed by atoms with Crippen molar-refractivity contribution >= 4 is 11.7 Å². The van der Waals surface area contributed by atoms with Crippen molar-refractivity contribution in [3.8, 4) is 0 Å². The van der Waals surface area contributed by atoms with Crippen molar-refractivity contribution in [2.24, 2.45) is 11.8 Å². The van der Waals surface area contributed by atoms with Crippen LogP contribution in [-0.4, -0.2) is 25.2 Å². The number of nitrogens with zero attached hydrogens (tertiary/aromatic N) is 1. The van der Waals surface area contributed by atoms with E-state index in [1.54, 1.807) is 0 Å². The molecule has 0 N–H and O–H groups in total. The molecule has 1 saturated carbocycles. The van der Waals surface area contributed by atoms with E-state index in [2.05, 4.69) is 4.90 Å². The van der Waals surface area contributed by atoms with Crippen LogP contribution in [-0.2, 0) is 9.53 Å². The van der Waals surface area contributed by atoms with E-state index >= 15 is 0 Å². The van der Waals surface area contributed by atoms with Gasteiger partial charge in [0.15, 0.2) is 0 Å². The molecule has 1 saturated heterocycles. The van der Waals surface area contributed by atoms with Crippen LogP contribution in [0.5, 0.6) is 0 Å². The van der Waals surface area contributed by atoms with Gasteiger partial charge in [0.05, 0.1) is 6.61 Å². The van der Waals surface area contributed by atoms with Gasteiger partial charge in [0.1, 0.15) is 5.82 Å². The summed E-state index contributed by atoms with van der Waals surface area (Å²) in [6, 6.07) is 7.30. The summed E-state index contributed by atoms with van der Waals surface area (Å²) in [6.45, 7) is 3.28. The van der Waals surface area contributed by atoms with Crippen molar-refractivity contribution in [3.05, 3.63) is 30.1 Å². The lowest BCUT2D eigenvalue weighted by molar-refractivity contribution is -0.144. The van der Waals surface area contributed by atoms with Gasteiger partial charge in [-0.25, -0.2) is 4.39 Å². The summed E-state index contributed by atoms with van der Waals surface area (Å²) in [5, 5.41) is 0. The molecule has 1 aliphatic carbocycles. The molecule has 1 aromatic rings. The molecule has 114 valence electrons. The van der Waals surface area contributed by atoms with Gasteiger partial charge in [0.2, 0.25) is 0 Å². The molecule has 21 heavy (non-hydrogen) atoms. The number of ether oxygens (including phenoxy) is 1. The second-order valence-electron chi connectivity index (χ2n) is 6.12. The molecule has 0 spiro atoms. The smallest absolute Gasteiger partial charge is 0.306 e. The molecule has 3 rings (SSSR count). The highest BCUT2D eigenvalue weighted by Crippen LogP contribution is 2.43. The largest absolute Gasteiger partial charge is 0.466 e. The molecule has 3 nitrogen and oxygen atoms in total. The predicted molar refractivity (Wildman–Crippen MR) is 79.6 cm³/mol. The zero-order valence-electron chi connectivity index (χ0n) is 12.4. The molecular weight excluding hydrogens is 269 g/mol. The van der Waals surface area contributed by atoms with Gasteiger partial charge in [-0.1, -0.05) is 0 Å². The minimum Gasteiger partial charge on any atom is -0.466 e. The molecular formula is C17H22FNO2. The molecule has 1 aliphatic heterocycles. The predicted octanol–water partition coefficient (Wildman–Crippen LogP) is 3.38. The molecule has 2 bridgehead atoms. The zero-order valence-corrected chi connectivity index (χ0v) is 12.4. The maximum Gasteiger partial charge on any atom is 0.306 e. The minimum absolute atomic E-state index is 0.0683. The molecule has 3 unspecified atom stereocenters. The Balaban J connectivity index is 1.66. The van der Waals surface area contributed by atoms with Crippen LogP contribution in [0.15, 0.2) is 24.3 Å². The van der Waals surface area contributed by atoms with Gasteiger partial charge < -0.3 is 9.64 Å². The quantitative estimate of drug-likeness (QED) is 0.796. The average molecular weight is 291 g/mol. The van der Waals surface area contributed by atoms with Crippen LogP contribution in [0.2, 0.25) is 0 Å². The van der Waals surface area contributed by atoms with Crippen LogP contribution in [0.3, 0.4) is 0 Å². The SMILES string of the molecule is CCOC(=O)CC1CCC2CC1CN2c1ccc(F)cc1. The summed E-state index contributed by atoms with van der Waals surface area (Å²) in [7, 11) is 0. The molecule has 0 amide bonds. The lowest BCUT2D eigenvalue weighted by Crippen LogP contribution is -2.29. The number of rotatable bonds is 4. The van der Waals surface area contributed by atoms with Crippen LogP contribution >= 0.6 is 0 Å². The van der Waals surface area contributed by atoms with E-state index in [0.717, 1.165) is 31.5 Å². The Morgan fingerprint density at radius 1 is 1.33 bits per heavy atom. The van der Waals surface area contributed by atoms with Gasteiger partial charge >= 0.3 is 5.97 Å². The number of carbonyl (C=O) groups excluding carboxylic acids is 1. The number of benzene rings is 1. The lowest BCUT2D eigenvalue weighted by Gasteiger charge is -2.28. The second-order valence-corrected chi connectivity index (χ2v) is 6.12. The van der Waals surface area contributed by atoms with Crippen LogP contribution in [0.25, 0.3) is 0 Å². The van der Waals surface area contributed by atoms with Crippen LogP contribution in [0.1, 0.15) is 32.6 Å². The van der Waals surface area contributed by atoms with E-state index in [0.29, 0.717) is 30.9 Å². The van der Waals surface area contributed by atoms with E-state index in [1.807, 2.05) is 19.1 Å². The molecule has 0 aromatic heterocycles. The second kappa shape index (κ2) is 6.04. The molecule has 2 fully saturated rings. The zero-order chi connectivity index (χ0) is 14.8. The van der Waals surface area contributed by atoms with Gasteiger partial charge in [-0.15, -0.1) is 0 Å². The summed E-state index contributed by atoms with van der Waals surface area (Å²) in [5.41, 5.74) is 1.10. The number of hydrogen-bond acceptors (Lipinski definition) is 3.